The van der Waals surface area contributed by atoms with Gasteiger partial charge < -0.3 is 34.4 Å². The average Bonchev–Trinajstić information content (AvgIpc) is 3.37. The molecule has 1 saturated heterocycles. The molecule has 0 saturated carbocycles. The van der Waals surface area contributed by atoms with E-state index in [1.807, 2.05) is 36.4 Å². The lowest BCUT2D eigenvalue weighted by atomic mass is 10.0. The third kappa shape index (κ3) is 5.28. The van der Waals surface area contributed by atoms with E-state index in [0.717, 1.165) is 85.4 Å². The Kier molecular flexibility index (Phi) is 6.92. The Morgan fingerprint density at radius 2 is 1.89 bits per heavy atom. The van der Waals surface area contributed by atoms with Gasteiger partial charge in [-0.25, -0.2) is 4.98 Å². The zero-order valence-corrected chi connectivity index (χ0v) is 20.3. The van der Waals surface area contributed by atoms with E-state index in [0.29, 0.717) is 5.75 Å². The molecular formula is C27H32N4O4. The molecule has 0 atom stereocenters. The van der Waals surface area contributed by atoms with E-state index in [9.17, 15) is 5.11 Å². The standard InChI is InChI=1S/C27H32N4O4/c1-30-11-13-31(14-12-30)10-4-9-28-26-17-20(21-5-3-6-24-27(21)35-18-34-24)15-22(29-26)19-7-8-23(32)25(16-19)33-2/h3,5-8,15-17,32H,4,9-14,18H2,1-2H3,(H,28,29). The number of aromatic hydroxyl groups is 1. The Labute approximate surface area is 206 Å². The number of hydrogen-bond acceptors (Lipinski definition) is 8. The fourth-order valence-corrected chi connectivity index (χ4v) is 4.51. The zero-order valence-electron chi connectivity index (χ0n) is 20.3. The first-order valence-corrected chi connectivity index (χ1v) is 12.0. The number of benzene rings is 2. The summed E-state index contributed by atoms with van der Waals surface area (Å²) < 4.78 is 16.7. The average molecular weight is 477 g/mol. The predicted molar refractivity (Wildman–Crippen MR) is 136 cm³/mol. The zero-order chi connectivity index (χ0) is 24.2. The van der Waals surface area contributed by atoms with Gasteiger partial charge >= 0.3 is 0 Å². The molecule has 2 aromatic carbocycles. The molecule has 2 aliphatic rings. The van der Waals surface area contributed by atoms with Gasteiger partial charge in [0.25, 0.3) is 0 Å². The first-order valence-electron chi connectivity index (χ1n) is 12.0. The number of likely N-dealkylation sites (N-methyl/N-ethyl adjacent to an activating group) is 1. The number of methoxy groups -OCH3 is 1. The van der Waals surface area contributed by atoms with Crippen molar-refractivity contribution >= 4 is 5.82 Å². The molecule has 8 heteroatoms. The van der Waals surface area contributed by atoms with Gasteiger partial charge in [-0.1, -0.05) is 12.1 Å². The topological polar surface area (TPSA) is 79.3 Å². The molecule has 0 spiro atoms. The van der Waals surface area contributed by atoms with E-state index < -0.39 is 0 Å². The van der Waals surface area contributed by atoms with Crippen LogP contribution in [0.15, 0.2) is 48.5 Å². The first kappa shape index (κ1) is 23.3. The van der Waals surface area contributed by atoms with Crippen molar-refractivity contribution in [2.75, 3.05) is 65.5 Å². The molecule has 0 unspecified atom stereocenters. The lowest BCUT2D eigenvalue weighted by Crippen LogP contribution is -2.44. The molecule has 5 rings (SSSR count). The maximum Gasteiger partial charge on any atom is 0.231 e. The van der Waals surface area contributed by atoms with Gasteiger partial charge in [0.05, 0.1) is 12.8 Å². The van der Waals surface area contributed by atoms with Crippen LogP contribution >= 0.6 is 0 Å². The van der Waals surface area contributed by atoms with Gasteiger partial charge in [-0.05, 0) is 62.0 Å². The Balaban J connectivity index is 1.40. The lowest BCUT2D eigenvalue weighted by molar-refractivity contribution is 0.154. The van der Waals surface area contributed by atoms with Crippen LogP contribution in [0.1, 0.15) is 6.42 Å². The molecule has 0 aliphatic carbocycles. The van der Waals surface area contributed by atoms with Gasteiger partial charge in [0.1, 0.15) is 5.82 Å². The third-order valence-corrected chi connectivity index (χ3v) is 6.56. The SMILES string of the molecule is COc1cc(-c2cc(-c3cccc4c3OCO4)cc(NCCCN3CCN(C)CC3)n2)ccc1O. The van der Waals surface area contributed by atoms with Crippen molar-refractivity contribution in [1.29, 1.82) is 0 Å². The van der Waals surface area contributed by atoms with Crippen molar-refractivity contribution in [3.63, 3.8) is 0 Å². The summed E-state index contributed by atoms with van der Waals surface area (Å²) in [5.74, 6) is 2.79. The summed E-state index contributed by atoms with van der Waals surface area (Å²) in [6, 6.07) is 15.3. The molecule has 8 nitrogen and oxygen atoms in total. The lowest BCUT2D eigenvalue weighted by Gasteiger charge is -2.32. The Hall–Kier alpha value is -3.49. The number of piperazine rings is 1. The maximum atomic E-state index is 10.0. The number of anilines is 1. The number of fused-ring (bicyclic) bond motifs is 1. The molecule has 3 aromatic rings. The van der Waals surface area contributed by atoms with Crippen molar-refractivity contribution in [2.45, 2.75) is 6.42 Å². The Morgan fingerprint density at radius 3 is 2.71 bits per heavy atom. The van der Waals surface area contributed by atoms with Gasteiger partial charge in [0, 0.05) is 43.9 Å². The van der Waals surface area contributed by atoms with Crippen LogP contribution in [0.25, 0.3) is 22.4 Å². The van der Waals surface area contributed by atoms with Crippen LogP contribution in [0.3, 0.4) is 0 Å². The predicted octanol–water partition coefficient (Wildman–Crippen LogP) is 3.91. The fraction of sp³-hybridized carbons (Fsp3) is 0.370. The van der Waals surface area contributed by atoms with Crippen molar-refractivity contribution in [1.82, 2.24) is 14.8 Å². The molecule has 184 valence electrons. The number of aromatic nitrogens is 1. The van der Waals surface area contributed by atoms with Gasteiger partial charge in [0.2, 0.25) is 6.79 Å². The van der Waals surface area contributed by atoms with Crippen molar-refractivity contribution < 1.29 is 19.3 Å². The Morgan fingerprint density at radius 1 is 1.03 bits per heavy atom. The second-order valence-corrected chi connectivity index (χ2v) is 8.98. The van der Waals surface area contributed by atoms with Crippen molar-refractivity contribution in [3.05, 3.63) is 48.5 Å². The molecule has 0 bridgehead atoms. The van der Waals surface area contributed by atoms with Crippen LogP contribution in [-0.4, -0.2) is 80.1 Å². The van der Waals surface area contributed by atoms with Crippen LogP contribution in [-0.2, 0) is 0 Å². The van der Waals surface area contributed by atoms with Gasteiger partial charge in [-0.2, -0.15) is 0 Å². The highest BCUT2D eigenvalue weighted by Gasteiger charge is 2.20. The molecule has 1 fully saturated rings. The van der Waals surface area contributed by atoms with Gasteiger partial charge in [0.15, 0.2) is 23.0 Å². The van der Waals surface area contributed by atoms with Crippen LogP contribution in [0.2, 0.25) is 0 Å². The molecule has 3 heterocycles. The largest absolute Gasteiger partial charge is 0.504 e. The number of pyridine rings is 1. The number of nitrogens with zero attached hydrogens (tertiary/aromatic N) is 3. The minimum absolute atomic E-state index is 0.0982. The molecule has 35 heavy (non-hydrogen) atoms. The summed E-state index contributed by atoms with van der Waals surface area (Å²) >= 11 is 0. The summed E-state index contributed by atoms with van der Waals surface area (Å²) in [6.07, 6.45) is 1.04. The normalized spacial score (nSPS) is 15.8. The monoisotopic (exact) mass is 476 g/mol. The van der Waals surface area contributed by atoms with E-state index in [2.05, 4.69) is 22.2 Å². The minimum atomic E-state index is 0.0982. The van der Waals surface area contributed by atoms with E-state index >= 15 is 0 Å². The molecular weight excluding hydrogens is 444 g/mol. The minimum Gasteiger partial charge on any atom is -0.504 e. The molecule has 2 N–H and O–H groups in total. The summed E-state index contributed by atoms with van der Waals surface area (Å²) in [4.78, 5) is 9.77. The summed E-state index contributed by atoms with van der Waals surface area (Å²) in [5, 5.41) is 13.6. The van der Waals surface area contributed by atoms with E-state index in [1.54, 1.807) is 19.2 Å². The summed E-state index contributed by atoms with van der Waals surface area (Å²) in [5.41, 5.74) is 3.56. The number of phenols is 1. The smallest absolute Gasteiger partial charge is 0.231 e. The number of para-hydroxylation sites is 1. The number of nitrogens with one attached hydrogen (secondary N) is 1. The van der Waals surface area contributed by atoms with Crippen LogP contribution in [0, 0.1) is 0 Å². The number of rotatable bonds is 8. The molecule has 2 aliphatic heterocycles. The van der Waals surface area contributed by atoms with Crippen LogP contribution in [0.5, 0.6) is 23.0 Å². The van der Waals surface area contributed by atoms with Gasteiger partial charge in [-0.15, -0.1) is 0 Å². The van der Waals surface area contributed by atoms with E-state index in [-0.39, 0.29) is 12.5 Å². The second kappa shape index (κ2) is 10.4. The second-order valence-electron chi connectivity index (χ2n) is 8.98. The number of phenolic OH excluding ortho intramolecular Hbond substituents is 1. The number of ether oxygens (including phenoxy) is 3. The summed E-state index contributed by atoms with van der Waals surface area (Å²) in [7, 11) is 3.72. The third-order valence-electron chi connectivity index (χ3n) is 6.56. The van der Waals surface area contributed by atoms with Crippen molar-refractivity contribution in [2.24, 2.45) is 0 Å². The van der Waals surface area contributed by atoms with E-state index in [1.165, 1.54) is 0 Å². The fourth-order valence-electron chi connectivity index (χ4n) is 4.51. The quantitative estimate of drug-likeness (QED) is 0.474. The summed E-state index contributed by atoms with van der Waals surface area (Å²) in [6.45, 7) is 6.62. The van der Waals surface area contributed by atoms with Crippen LogP contribution in [0.4, 0.5) is 5.82 Å². The van der Waals surface area contributed by atoms with Crippen molar-refractivity contribution in [3.8, 4) is 45.4 Å². The van der Waals surface area contributed by atoms with E-state index in [4.69, 9.17) is 19.2 Å². The molecule has 0 radical (unpaired) electrons. The van der Waals surface area contributed by atoms with Crippen LogP contribution < -0.4 is 19.5 Å². The first-order chi connectivity index (χ1) is 17.1. The highest BCUT2D eigenvalue weighted by atomic mass is 16.7. The highest BCUT2D eigenvalue weighted by Crippen LogP contribution is 2.42. The highest BCUT2D eigenvalue weighted by molar-refractivity contribution is 5.80. The molecule has 1 aromatic heterocycles. The maximum absolute atomic E-state index is 10.0. The molecule has 0 amide bonds. The number of hydrogen-bond donors (Lipinski definition) is 2. The van der Waals surface area contributed by atoms with Gasteiger partial charge in [-0.3, -0.25) is 0 Å². The Bertz CT molecular complexity index is 1180.